The predicted molar refractivity (Wildman–Crippen MR) is 44.9 cm³/mol. The molecule has 1 saturated heterocycles. The Hall–Kier alpha value is -1.85. The molecule has 0 saturated carbocycles. The van der Waals surface area contributed by atoms with Gasteiger partial charge in [0.1, 0.15) is 12.0 Å². The minimum Gasteiger partial charge on any atom is -0.364 e. The second-order valence-electron chi connectivity index (χ2n) is 3.02. The average Bonchev–Trinajstić information content (AvgIpc) is 2.64. The summed E-state index contributed by atoms with van der Waals surface area (Å²) in [6.07, 6.45) is 1.43. The Morgan fingerprint density at radius 3 is 3.14 bits per heavy atom. The third-order valence-corrected chi connectivity index (χ3v) is 1.97. The van der Waals surface area contributed by atoms with E-state index in [0.29, 0.717) is 12.2 Å². The van der Waals surface area contributed by atoms with Gasteiger partial charge >= 0.3 is 0 Å². The summed E-state index contributed by atoms with van der Waals surface area (Å²) in [5, 5.41) is 6.14. The van der Waals surface area contributed by atoms with Gasteiger partial charge in [-0.05, 0) is 0 Å². The van der Waals surface area contributed by atoms with E-state index in [4.69, 9.17) is 0 Å². The van der Waals surface area contributed by atoms with E-state index >= 15 is 0 Å². The third-order valence-electron chi connectivity index (χ3n) is 1.97. The van der Waals surface area contributed by atoms with Gasteiger partial charge in [-0.3, -0.25) is 9.59 Å². The smallest absolute Gasteiger partial charge is 0.242 e. The fourth-order valence-electron chi connectivity index (χ4n) is 1.26. The number of rotatable bonds is 2. The molecule has 1 aromatic rings. The monoisotopic (exact) mass is 195 g/mol. The van der Waals surface area contributed by atoms with Gasteiger partial charge in [0.25, 0.3) is 0 Å². The summed E-state index contributed by atoms with van der Waals surface area (Å²) >= 11 is 0. The molecule has 0 atom stereocenters. The molecule has 0 radical (unpaired) electrons. The highest BCUT2D eigenvalue weighted by molar-refractivity contribution is 5.92. The number of amides is 2. The van der Waals surface area contributed by atoms with Gasteiger partial charge in [-0.1, -0.05) is 5.16 Å². The lowest BCUT2D eigenvalue weighted by molar-refractivity contribution is -0.141. The number of aromatic nitrogens is 1. The minimum atomic E-state index is -0.145. The summed E-state index contributed by atoms with van der Waals surface area (Å²) in [6, 6.07) is 1.67. The average molecular weight is 195 g/mol. The Balaban J connectivity index is 2.02. The van der Waals surface area contributed by atoms with Gasteiger partial charge in [-0.2, -0.15) is 0 Å². The molecular weight excluding hydrogens is 186 g/mol. The molecule has 1 N–H and O–H groups in total. The van der Waals surface area contributed by atoms with Crippen LogP contribution >= 0.6 is 0 Å². The molecule has 0 bridgehead atoms. The van der Waals surface area contributed by atoms with Gasteiger partial charge in [0, 0.05) is 6.07 Å². The summed E-state index contributed by atoms with van der Waals surface area (Å²) in [4.78, 5) is 23.8. The van der Waals surface area contributed by atoms with Gasteiger partial charge < -0.3 is 14.7 Å². The molecule has 2 heterocycles. The van der Waals surface area contributed by atoms with Crippen molar-refractivity contribution >= 4 is 11.8 Å². The van der Waals surface area contributed by atoms with E-state index in [9.17, 15) is 9.59 Å². The van der Waals surface area contributed by atoms with E-state index in [1.54, 1.807) is 6.07 Å². The van der Waals surface area contributed by atoms with Crippen LogP contribution in [0.4, 0.5) is 0 Å². The van der Waals surface area contributed by atoms with Crippen LogP contribution in [-0.4, -0.2) is 35.0 Å². The van der Waals surface area contributed by atoms with E-state index in [1.165, 1.54) is 11.2 Å². The molecule has 0 aliphatic carbocycles. The number of carbonyl (C=O) groups is 2. The van der Waals surface area contributed by atoms with Crippen molar-refractivity contribution in [3.8, 4) is 0 Å². The maximum atomic E-state index is 11.3. The molecule has 2 rings (SSSR count). The van der Waals surface area contributed by atoms with Gasteiger partial charge in [-0.25, -0.2) is 0 Å². The molecule has 1 aliphatic rings. The number of carbonyl (C=O) groups excluding carboxylic acids is 2. The van der Waals surface area contributed by atoms with Gasteiger partial charge in [0.15, 0.2) is 0 Å². The Morgan fingerprint density at radius 2 is 2.43 bits per heavy atom. The summed E-state index contributed by atoms with van der Waals surface area (Å²) in [5.74, 6) is -0.249. The van der Waals surface area contributed by atoms with Crippen molar-refractivity contribution in [2.24, 2.45) is 0 Å². The number of nitrogens with one attached hydrogen (secondary N) is 1. The van der Waals surface area contributed by atoms with Gasteiger partial charge in [0.05, 0.1) is 19.6 Å². The van der Waals surface area contributed by atoms with Crippen LogP contribution < -0.4 is 5.32 Å². The van der Waals surface area contributed by atoms with E-state index in [-0.39, 0.29) is 24.9 Å². The lowest BCUT2D eigenvalue weighted by Crippen LogP contribution is -2.51. The lowest BCUT2D eigenvalue weighted by atomic mass is 10.3. The van der Waals surface area contributed by atoms with Crippen LogP contribution in [0.2, 0.25) is 0 Å². The number of nitrogens with zero attached hydrogens (tertiary/aromatic N) is 2. The first-order valence-corrected chi connectivity index (χ1v) is 4.19. The topological polar surface area (TPSA) is 75.4 Å². The highest BCUT2D eigenvalue weighted by Gasteiger charge is 2.23. The van der Waals surface area contributed by atoms with Crippen molar-refractivity contribution in [1.82, 2.24) is 15.4 Å². The zero-order valence-corrected chi connectivity index (χ0v) is 7.40. The molecule has 0 spiro atoms. The largest absolute Gasteiger partial charge is 0.364 e. The Bertz CT molecular complexity index is 347. The minimum absolute atomic E-state index is 0.0662. The van der Waals surface area contributed by atoms with E-state index in [2.05, 4.69) is 15.0 Å². The quantitative estimate of drug-likeness (QED) is 0.665. The highest BCUT2D eigenvalue weighted by atomic mass is 16.5. The van der Waals surface area contributed by atoms with Crippen molar-refractivity contribution in [2.45, 2.75) is 6.54 Å². The van der Waals surface area contributed by atoms with Crippen molar-refractivity contribution in [1.29, 1.82) is 0 Å². The van der Waals surface area contributed by atoms with E-state index in [1.807, 2.05) is 0 Å². The SMILES string of the molecule is O=C1CN(Cc2ccon2)C(=O)CN1. The number of hydrogen-bond donors (Lipinski definition) is 1. The van der Waals surface area contributed by atoms with Crippen molar-refractivity contribution in [3.05, 3.63) is 18.0 Å². The maximum absolute atomic E-state index is 11.3. The van der Waals surface area contributed by atoms with Crippen LogP contribution in [0, 0.1) is 0 Å². The number of piperazine rings is 1. The molecule has 0 aromatic carbocycles. The zero-order valence-electron chi connectivity index (χ0n) is 7.40. The molecular formula is C8H9N3O3. The Labute approximate surface area is 79.8 Å². The first-order valence-electron chi connectivity index (χ1n) is 4.19. The van der Waals surface area contributed by atoms with E-state index in [0.717, 1.165) is 0 Å². The molecule has 0 unspecified atom stereocenters. The first kappa shape index (κ1) is 8.74. The standard InChI is InChI=1S/C8H9N3O3/c12-7-5-11(8(13)3-9-7)4-6-1-2-14-10-6/h1-2H,3-5H2,(H,9,12). The maximum Gasteiger partial charge on any atom is 0.242 e. The summed E-state index contributed by atoms with van der Waals surface area (Å²) in [7, 11) is 0. The molecule has 1 aliphatic heterocycles. The summed E-state index contributed by atoms with van der Waals surface area (Å²) in [5.41, 5.74) is 0.646. The molecule has 6 heteroatoms. The predicted octanol–water partition coefficient (Wildman–Crippen LogP) is -0.867. The molecule has 14 heavy (non-hydrogen) atoms. The van der Waals surface area contributed by atoms with Crippen LogP contribution in [0.15, 0.2) is 16.9 Å². The van der Waals surface area contributed by atoms with Crippen LogP contribution in [0.25, 0.3) is 0 Å². The number of hydrogen-bond acceptors (Lipinski definition) is 4. The van der Waals surface area contributed by atoms with Crippen molar-refractivity contribution in [3.63, 3.8) is 0 Å². The molecule has 74 valence electrons. The summed E-state index contributed by atoms with van der Waals surface area (Å²) in [6.45, 7) is 0.477. The van der Waals surface area contributed by atoms with Gasteiger partial charge in [-0.15, -0.1) is 0 Å². The summed E-state index contributed by atoms with van der Waals surface area (Å²) < 4.78 is 4.63. The van der Waals surface area contributed by atoms with Crippen LogP contribution in [0.5, 0.6) is 0 Å². The molecule has 6 nitrogen and oxygen atoms in total. The highest BCUT2D eigenvalue weighted by Crippen LogP contribution is 2.03. The second-order valence-corrected chi connectivity index (χ2v) is 3.02. The molecule has 1 aromatic heterocycles. The second kappa shape index (κ2) is 3.49. The molecule has 2 amide bonds. The Kier molecular flexibility index (Phi) is 2.18. The third kappa shape index (κ3) is 1.73. The normalized spacial score (nSPS) is 17.0. The van der Waals surface area contributed by atoms with Crippen molar-refractivity contribution in [2.75, 3.05) is 13.1 Å². The van der Waals surface area contributed by atoms with E-state index < -0.39 is 0 Å². The zero-order chi connectivity index (χ0) is 9.97. The molecule has 1 fully saturated rings. The first-order chi connectivity index (χ1) is 6.75. The lowest BCUT2D eigenvalue weighted by Gasteiger charge is -2.25. The van der Waals surface area contributed by atoms with Gasteiger partial charge in [0.2, 0.25) is 11.8 Å². The van der Waals surface area contributed by atoms with Crippen LogP contribution in [0.3, 0.4) is 0 Å². The fraction of sp³-hybridized carbons (Fsp3) is 0.375. The fourth-order valence-corrected chi connectivity index (χ4v) is 1.26. The van der Waals surface area contributed by atoms with Crippen molar-refractivity contribution < 1.29 is 14.1 Å². The Morgan fingerprint density at radius 1 is 1.57 bits per heavy atom. The van der Waals surface area contributed by atoms with Crippen LogP contribution in [-0.2, 0) is 16.1 Å². The van der Waals surface area contributed by atoms with Crippen LogP contribution in [0.1, 0.15) is 5.69 Å².